The molecule has 0 bridgehead atoms. The van der Waals surface area contributed by atoms with Crippen LogP contribution in [0, 0.1) is 5.92 Å². The van der Waals surface area contributed by atoms with Crippen LogP contribution in [0.2, 0.25) is 0 Å². The number of rotatable bonds is 2. The van der Waals surface area contributed by atoms with E-state index in [1.807, 2.05) is 30.9 Å². The number of hydrogen-bond donors (Lipinski definition) is 0. The molecule has 3 nitrogen and oxygen atoms in total. The van der Waals surface area contributed by atoms with Crippen molar-refractivity contribution >= 4 is 5.91 Å². The number of amides is 1. The molecule has 0 saturated carbocycles. The number of nitrogens with zero attached hydrogens (tertiary/aromatic N) is 2. The Kier molecular flexibility index (Phi) is 3.22. The van der Waals surface area contributed by atoms with Crippen LogP contribution in [0.5, 0.6) is 0 Å². The summed E-state index contributed by atoms with van der Waals surface area (Å²) in [5.41, 5.74) is 1.21. The summed E-state index contributed by atoms with van der Waals surface area (Å²) in [5.74, 6) is 0.349. The summed E-state index contributed by atoms with van der Waals surface area (Å²) < 4.78 is 0. The molecule has 1 saturated heterocycles. The summed E-state index contributed by atoms with van der Waals surface area (Å²) in [6, 6.07) is 4.28. The molecule has 1 aromatic heterocycles. The standard InChI is InChI=1S/C13H18N2O/c1-10(2)13(16)15-9-3-4-12(15)11-5-7-14-8-6-11/h5-8,10,12H,3-4,9H2,1-2H3. The molecular formula is C13H18N2O. The van der Waals surface area contributed by atoms with Crippen molar-refractivity contribution in [1.82, 2.24) is 9.88 Å². The van der Waals surface area contributed by atoms with Crippen molar-refractivity contribution in [3.63, 3.8) is 0 Å². The Labute approximate surface area is 96.5 Å². The third-order valence-electron chi connectivity index (χ3n) is 3.12. The highest BCUT2D eigenvalue weighted by molar-refractivity contribution is 5.78. The van der Waals surface area contributed by atoms with Gasteiger partial charge in [-0.3, -0.25) is 9.78 Å². The topological polar surface area (TPSA) is 33.2 Å². The first-order valence-electron chi connectivity index (χ1n) is 5.90. The fourth-order valence-electron chi connectivity index (χ4n) is 2.29. The average molecular weight is 218 g/mol. The van der Waals surface area contributed by atoms with Gasteiger partial charge in [0.05, 0.1) is 6.04 Å². The molecule has 0 aliphatic carbocycles. The summed E-state index contributed by atoms with van der Waals surface area (Å²) in [6.07, 6.45) is 5.77. The lowest BCUT2D eigenvalue weighted by Crippen LogP contribution is -2.33. The Hall–Kier alpha value is -1.38. The number of aromatic nitrogens is 1. The highest BCUT2D eigenvalue weighted by Gasteiger charge is 2.30. The van der Waals surface area contributed by atoms with Crippen LogP contribution < -0.4 is 0 Å². The number of carbonyl (C=O) groups is 1. The van der Waals surface area contributed by atoms with Gasteiger partial charge in [0.15, 0.2) is 0 Å². The van der Waals surface area contributed by atoms with Crippen LogP contribution >= 0.6 is 0 Å². The molecule has 2 heterocycles. The minimum Gasteiger partial charge on any atom is -0.335 e. The first-order valence-corrected chi connectivity index (χ1v) is 5.90. The molecule has 1 unspecified atom stereocenters. The van der Waals surface area contributed by atoms with Gasteiger partial charge >= 0.3 is 0 Å². The Bertz CT molecular complexity index is 361. The maximum Gasteiger partial charge on any atom is 0.225 e. The van der Waals surface area contributed by atoms with E-state index in [0.717, 1.165) is 19.4 Å². The summed E-state index contributed by atoms with van der Waals surface area (Å²) in [4.78, 5) is 18.1. The van der Waals surface area contributed by atoms with Gasteiger partial charge in [0, 0.05) is 24.9 Å². The van der Waals surface area contributed by atoms with Gasteiger partial charge in [-0.25, -0.2) is 0 Å². The zero-order chi connectivity index (χ0) is 11.5. The van der Waals surface area contributed by atoms with Gasteiger partial charge in [-0.15, -0.1) is 0 Å². The van der Waals surface area contributed by atoms with E-state index in [9.17, 15) is 4.79 Å². The molecule has 0 N–H and O–H groups in total. The Morgan fingerprint density at radius 2 is 2.12 bits per heavy atom. The maximum atomic E-state index is 12.0. The summed E-state index contributed by atoms with van der Waals surface area (Å²) in [7, 11) is 0. The lowest BCUT2D eigenvalue weighted by Gasteiger charge is -2.26. The van der Waals surface area contributed by atoms with E-state index in [1.165, 1.54) is 5.56 Å². The van der Waals surface area contributed by atoms with Crippen molar-refractivity contribution in [2.75, 3.05) is 6.54 Å². The van der Waals surface area contributed by atoms with Crippen molar-refractivity contribution < 1.29 is 4.79 Å². The fraction of sp³-hybridized carbons (Fsp3) is 0.538. The molecule has 1 aliphatic heterocycles. The van der Waals surface area contributed by atoms with E-state index in [-0.39, 0.29) is 17.9 Å². The average Bonchev–Trinajstić information content (AvgIpc) is 2.77. The second-order valence-corrected chi connectivity index (χ2v) is 4.62. The van der Waals surface area contributed by atoms with E-state index < -0.39 is 0 Å². The van der Waals surface area contributed by atoms with Crippen molar-refractivity contribution in [2.24, 2.45) is 5.92 Å². The molecular weight excluding hydrogens is 200 g/mol. The molecule has 2 rings (SSSR count). The van der Waals surface area contributed by atoms with E-state index in [2.05, 4.69) is 4.98 Å². The van der Waals surface area contributed by atoms with Crippen LogP contribution in [0.15, 0.2) is 24.5 Å². The molecule has 3 heteroatoms. The smallest absolute Gasteiger partial charge is 0.225 e. The van der Waals surface area contributed by atoms with Crippen LogP contribution in [-0.2, 0) is 4.79 Å². The lowest BCUT2D eigenvalue weighted by atomic mass is 10.1. The molecule has 86 valence electrons. The van der Waals surface area contributed by atoms with Crippen LogP contribution in [0.25, 0.3) is 0 Å². The van der Waals surface area contributed by atoms with Crippen molar-refractivity contribution in [1.29, 1.82) is 0 Å². The monoisotopic (exact) mass is 218 g/mol. The fourth-order valence-corrected chi connectivity index (χ4v) is 2.29. The van der Waals surface area contributed by atoms with Gasteiger partial charge in [-0.2, -0.15) is 0 Å². The molecule has 1 amide bonds. The summed E-state index contributed by atoms with van der Waals surface area (Å²) >= 11 is 0. The predicted octanol–water partition coefficient (Wildman–Crippen LogP) is 2.40. The van der Waals surface area contributed by atoms with E-state index in [0.29, 0.717) is 0 Å². The third-order valence-corrected chi connectivity index (χ3v) is 3.12. The van der Waals surface area contributed by atoms with Crippen molar-refractivity contribution in [3.8, 4) is 0 Å². The molecule has 0 radical (unpaired) electrons. The zero-order valence-electron chi connectivity index (χ0n) is 9.89. The Balaban J connectivity index is 2.19. The maximum absolute atomic E-state index is 12.0. The first kappa shape index (κ1) is 11.1. The highest BCUT2D eigenvalue weighted by Crippen LogP contribution is 2.32. The quantitative estimate of drug-likeness (QED) is 0.763. The summed E-state index contributed by atoms with van der Waals surface area (Å²) in [6.45, 7) is 4.82. The number of hydrogen-bond acceptors (Lipinski definition) is 2. The van der Waals surface area contributed by atoms with Gasteiger partial charge in [0.2, 0.25) is 5.91 Å². The van der Waals surface area contributed by atoms with Crippen molar-refractivity contribution in [2.45, 2.75) is 32.7 Å². The molecule has 1 aromatic rings. The third kappa shape index (κ3) is 2.08. The van der Waals surface area contributed by atoms with Gasteiger partial charge in [0.25, 0.3) is 0 Å². The SMILES string of the molecule is CC(C)C(=O)N1CCCC1c1ccncc1. The van der Waals surface area contributed by atoms with E-state index in [1.54, 1.807) is 12.4 Å². The van der Waals surface area contributed by atoms with Crippen LogP contribution in [0.1, 0.15) is 38.3 Å². The van der Waals surface area contributed by atoms with Gasteiger partial charge in [0.1, 0.15) is 0 Å². The normalized spacial score (nSPS) is 20.4. The molecule has 16 heavy (non-hydrogen) atoms. The number of carbonyl (C=O) groups excluding carboxylic acids is 1. The van der Waals surface area contributed by atoms with Crippen LogP contribution in [0.4, 0.5) is 0 Å². The Morgan fingerprint density at radius 1 is 1.44 bits per heavy atom. The molecule has 0 spiro atoms. The van der Waals surface area contributed by atoms with E-state index in [4.69, 9.17) is 0 Å². The molecule has 0 aromatic carbocycles. The molecule has 1 aliphatic rings. The molecule has 1 atom stereocenters. The van der Waals surface area contributed by atoms with Gasteiger partial charge in [-0.1, -0.05) is 13.8 Å². The van der Waals surface area contributed by atoms with Crippen LogP contribution in [0.3, 0.4) is 0 Å². The van der Waals surface area contributed by atoms with Gasteiger partial charge < -0.3 is 4.90 Å². The number of pyridine rings is 1. The first-order chi connectivity index (χ1) is 7.70. The molecule has 1 fully saturated rings. The van der Waals surface area contributed by atoms with Crippen molar-refractivity contribution in [3.05, 3.63) is 30.1 Å². The largest absolute Gasteiger partial charge is 0.335 e. The highest BCUT2D eigenvalue weighted by atomic mass is 16.2. The van der Waals surface area contributed by atoms with E-state index >= 15 is 0 Å². The predicted molar refractivity (Wildman–Crippen MR) is 62.8 cm³/mol. The summed E-state index contributed by atoms with van der Waals surface area (Å²) in [5, 5.41) is 0. The number of likely N-dealkylation sites (tertiary alicyclic amines) is 1. The van der Waals surface area contributed by atoms with Gasteiger partial charge in [-0.05, 0) is 30.5 Å². The second kappa shape index (κ2) is 4.64. The minimum atomic E-state index is 0.0856. The lowest BCUT2D eigenvalue weighted by molar-refractivity contribution is -0.135. The minimum absolute atomic E-state index is 0.0856. The van der Waals surface area contributed by atoms with Crippen LogP contribution in [-0.4, -0.2) is 22.3 Å². The second-order valence-electron chi connectivity index (χ2n) is 4.62. The zero-order valence-corrected chi connectivity index (χ0v) is 9.89. The Morgan fingerprint density at radius 3 is 2.75 bits per heavy atom.